The number of aromatic carboxylic acids is 1. The van der Waals surface area contributed by atoms with E-state index in [-0.39, 0.29) is 22.6 Å². The van der Waals surface area contributed by atoms with E-state index in [4.69, 9.17) is 11.6 Å². The molecule has 2 aliphatic rings. The highest BCUT2D eigenvalue weighted by Gasteiger charge is 2.28. The number of carboxylic acids is 1. The molecule has 66 heavy (non-hydrogen) atoms. The largest absolute Gasteiger partial charge is 0.478 e. The second kappa shape index (κ2) is 20.6. The molecular weight excluding hydrogens is 895 g/mol. The molecule has 1 atom stereocenters. The van der Waals surface area contributed by atoms with Crippen LogP contribution in [-0.2, 0) is 17.1 Å². The lowest BCUT2D eigenvalue weighted by Crippen LogP contribution is -2.46. The Morgan fingerprint density at radius 2 is 1.52 bits per heavy atom. The van der Waals surface area contributed by atoms with E-state index in [0.717, 1.165) is 67.2 Å². The first-order chi connectivity index (χ1) is 31.7. The molecule has 0 bridgehead atoms. The Morgan fingerprint density at radius 3 is 2.18 bits per heavy atom. The van der Waals surface area contributed by atoms with Gasteiger partial charge in [-0.05, 0) is 129 Å². The van der Waals surface area contributed by atoms with Gasteiger partial charge < -0.3 is 34.8 Å². The summed E-state index contributed by atoms with van der Waals surface area (Å²) in [5.74, 6) is -0.608. The zero-order valence-electron chi connectivity index (χ0n) is 37.4. The summed E-state index contributed by atoms with van der Waals surface area (Å²) in [6, 6.07) is 34.9. The van der Waals surface area contributed by atoms with E-state index in [1.807, 2.05) is 72.0 Å². The maximum atomic E-state index is 15.6. The number of hydrogen-bond donors (Lipinski definition) is 4. The summed E-state index contributed by atoms with van der Waals surface area (Å²) in [7, 11) is -2.07. The lowest BCUT2D eigenvalue weighted by Gasteiger charge is -2.37. The third-order valence-electron chi connectivity index (χ3n) is 12.8. The molecule has 2 fully saturated rings. The Morgan fingerprint density at radius 1 is 0.848 bits per heavy atom. The normalized spacial score (nSPS) is 15.5. The van der Waals surface area contributed by atoms with Crippen LogP contribution in [0.25, 0.3) is 22.4 Å². The number of aliphatic hydroxyl groups excluding tert-OH is 1. The van der Waals surface area contributed by atoms with E-state index < -0.39 is 21.8 Å². The number of likely N-dealkylation sites (tertiary alicyclic amines) is 1. The number of piperazine rings is 1. The topological polar surface area (TPSA) is 130 Å². The van der Waals surface area contributed by atoms with Gasteiger partial charge in [0.25, 0.3) is 10.0 Å². The maximum absolute atomic E-state index is 15.6. The molecular formula is C51H56ClFN6O5S2. The maximum Gasteiger partial charge on any atom is 0.338 e. The number of rotatable bonds is 16. The van der Waals surface area contributed by atoms with Gasteiger partial charge in [0.1, 0.15) is 5.82 Å². The highest BCUT2D eigenvalue weighted by atomic mass is 35.5. The summed E-state index contributed by atoms with van der Waals surface area (Å²) in [6.07, 6.45) is 2.30. The van der Waals surface area contributed by atoms with Crippen LogP contribution in [0.1, 0.15) is 40.9 Å². The number of carboxylic acid groups (broad SMARTS) is 1. The lowest BCUT2D eigenvalue weighted by atomic mass is 9.96. The highest BCUT2D eigenvalue weighted by Crippen LogP contribution is 2.41. The fourth-order valence-electron chi connectivity index (χ4n) is 8.94. The number of anilines is 4. The predicted molar refractivity (Wildman–Crippen MR) is 267 cm³/mol. The number of hydrogen-bond acceptors (Lipinski definition) is 9. The van der Waals surface area contributed by atoms with Crippen LogP contribution in [0.15, 0.2) is 125 Å². The minimum Gasteiger partial charge on any atom is -0.478 e. The minimum absolute atomic E-state index is 0.142. The second-order valence-corrected chi connectivity index (χ2v) is 20.4. The molecule has 11 nitrogen and oxygen atoms in total. The van der Waals surface area contributed by atoms with Gasteiger partial charge in [0, 0.05) is 103 Å². The quantitative estimate of drug-likeness (QED) is 0.0696. The number of benzene rings is 5. The molecule has 3 heterocycles. The number of sulfonamides is 1. The lowest BCUT2D eigenvalue weighted by molar-refractivity contribution is 0.0696. The summed E-state index contributed by atoms with van der Waals surface area (Å²) in [5, 5.41) is 24.6. The molecule has 0 saturated carbocycles. The number of aliphatic hydroxyl groups is 1. The number of aryl methyl sites for hydroxylation is 1. The van der Waals surface area contributed by atoms with Gasteiger partial charge in [-0.1, -0.05) is 48.0 Å². The van der Waals surface area contributed by atoms with Crippen molar-refractivity contribution < 1.29 is 27.8 Å². The minimum atomic E-state index is -3.89. The first kappa shape index (κ1) is 47.0. The van der Waals surface area contributed by atoms with Gasteiger partial charge in [0.05, 0.1) is 27.9 Å². The molecule has 15 heteroatoms. The third kappa shape index (κ3) is 10.8. The third-order valence-corrected chi connectivity index (χ3v) is 15.6. The molecule has 0 unspecified atom stereocenters. The van der Waals surface area contributed by atoms with Crippen molar-refractivity contribution >= 4 is 62.1 Å². The predicted octanol–water partition coefficient (Wildman–Crippen LogP) is 10.0. The molecule has 5 aromatic carbocycles. The van der Waals surface area contributed by atoms with Gasteiger partial charge in [-0.3, -0.25) is 4.72 Å². The van der Waals surface area contributed by atoms with Crippen molar-refractivity contribution in [3.63, 3.8) is 0 Å². The Bertz CT molecular complexity index is 2760. The van der Waals surface area contributed by atoms with Crippen molar-refractivity contribution in [3.05, 3.63) is 143 Å². The summed E-state index contributed by atoms with van der Waals surface area (Å²) in [4.78, 5) is 20.6. The monoisotopic (exact) mass is 950 g/mol. The Hall–Kier alpha value is -5.51. The smallest absolute Gasteiger partial charge is 0.338 e. The number of thioether (sulfide) groups is 1. The van der Waals surface area contributed by atoms with Crippen molar-refractivity contribution in [1.82, 2.24) is 9.47 Å². The Kier molecular flexibility index (Phi) is 14.6. The van der Waals surface area contributed by atoms with Crippen LogP contribution in [0.3, 0.4) is 0 Å². The van der Waals surface area contributed by atoms with Crippen LogP contribution < -0.4 is 19.8 Å². The Balaban J connectivity index is 0.905. The fourth-order valence-corrected chi connectivity index (χ4v) is 11.2. The summed E-state index contributed by atoms with van der Waals surface area (Å²) in [6.45, 7) is 8.59. The number of halogens is 2. The Labute approximate surface area is 396 Å². The molecule has 2 saturated heterocycles. The molecule has 4 N–H and O–H groups in total. The number of carbonyl (C=O) groups is 1. The molecule has 0 radical (unpaired) electrons. The van der Waals surface area contributed by atoms with Crippen LogP contribution in [0.2, 0.25) is 5.02 Å². The molecule has 0 amide bonds. The highest BCUT2D eigenvalue weighted by molar-refractivity contribution is 7.99. The van der Waals surface area contributed by atoms with Crippen LogP contribution in [-0.4, -0.2) is 97.8 Å². The van der Waals surface area contributed by atoms with Crippen LogP contribution in [0, 0.1) is 19.7 Å². The first-order valence-corrected chi connectivity index (χ1v) is 25.2. The van der Waals surface area contributed by atoms with Crippen LogP contribution >= 0.6 is 23.4 Å². The molecule has 0 aliphatic carbocycles. The van der Waals surface area contributed by atoms with Gasteiger partial charge >= 0.3 is 5.97 Å². The molecule has 2 aliphatic heterocycles. The van der Waals surface area contributed by atoms with Crippen molar-refractivity contribution in [2.75, 3.05) is 71.4 Å². The van der Waals surface area contributed by atoms with E-state index >= 15 is 4.39 Å². The molecule has 1 aromatic heterocycles. The van der Waals surface area contributed by atoms with Crippen molar-refractivity contribution in [3.8, 4) is 22.4 Å². The summed E-state index contributed by atoms with van der Waals surface area (Å²) in [5.41, 5.74) is 6.84. The van der Waals surface area contributed by atoms with Gasteiger partial charge in [-0.15, -0.1) is 11.8 Å². The molecule has 6 aromatic rings. The fraction of sp³-hybridized carbons (Fsp3) is 0.314. The molecule has 346 valence electrons. The van der Waals surface area contributed by atoms with E-state index in [1.165, 1.54) is 11.0 Å². The number of nitrogens with one attached hydrogen (secondary N) is 2. The summed E-state index contributed by atoms with van der Waals surface area (Å²) >= 11 is 7.98. The average molecular weight is 952 g/mol. The van der Waals surface area contributed by atoms with E-state index in [0.29, 0.717) is 65.1 Å². The van der Waals surface area contributed by atoms with Crippen molar-refractivity contribution in [1.29, 1.82) is 0 Å². The van der Waals surface area contributed by atoms with Gasteiger partial charge in [0.2, 0.25) is 0 Å². The van der Waals surface area contributed by atoms with Gasteiger partial charge in [-0.25, -0.2) is 17.6 Å². The standard InChI is InChI=1S/C51H56ClFN6O5S2/c1-34-31-44(18-20-46(34)54-40(33-65-43-7-5-4-6-8-43)21-24-57-25-22-42(60)23-26-57)66(63,64)55-39-14-16-41(17-15-39)58-27-29-59(30-28-58)47-32-37(11-19-45(47)53)49-48(51(61)62)35(2)56(3)50(49)36-9-12-38(52)13-10-36/h4-20,31-32,40,42,54-55,60H,21-30,33H2,1-3H3,(H,61,62)/t40-/m1/s1. The molecule has 0 spiro atoms. The average Bonchev–Trinajstić information content (AvgIpc) is 3.58. The zero-order valence-corrected chi connectivity index (χ0v) is 39.8. The zero-order chi connectivity index (χ0) is 46.5. The van der Waals surface area contributed by atoms with E-state index in [2.05, 4.69) is 32.0 Å². The van der Waals surface area contributed by atoms with Crippen LogP contribution in [0.4, 0.5) is 27.1 Å². The second-order valence-electron chi connectivity index (χ2n) is 17.2. The first-order valence-electron chi connectivity index (χ1n) is 22.3. The van der Waals surface area contributed by atoms with E-state index in [1.54, 1.807) is 67.2 Å². The van der Waals surface area contributed by atoms with Gasteiger partial charge in [0.15, 0.2) is 0 Å². The van der Waals surface area contributed by atoms with Crippen LogP contribution in [0.5, 0.6) is 0 Å². The molecule has 8 rings (SSSR count). The number of nitrogens with zero attached hydrogens (tertiary/aromatic N) is 4. The van der Waals surface area contributed by atoms with Gasteiger partial charge in [-0.2, -0.15) is 0 Å². The SMILES string of the molecule is Cc1cc(S(=O)(=O)Nc2ccc(N3CCN(c4cc(-c5c(C(=O)O)c(C)n(C)c5-c5ccc(Cl)cc5)ccc4F)CC3)cc2)ccc1N[C@H](CCN1CCC(O)CC1)CSc1ccccc1. The van der Waals surface area contributed by atoms with E-state index in [9.17, 15) is 23.4 Å². The van der Waals surface area contributed by atoms with Crippen molar-refractivity contribution in [2.45, 2.75) is 55.0 Å². The summed E-state index contributed by atoms with van der Waals surface area (Å²) < 4.78 is 47.6. The van der Waals surface area contributed by atoms with Crippen molar-refractivity contribution in [2.24, 2.45) is 7.05 Å². The number of piperidine rings is 1. The number of aromatic nitrogens is 1.